The molecule has 1 amide bonds. The van der Waals surface area contributed by atoms with Crippen molar-refractivity contribution in [3.63, 3.8) is 0 Å². The molecular formula is C18H17FN2O. The number of halogens is 1. The minimum absolute atomic E-state index is 0.112. The SMILES string of the molecule is Cn1ccc2ccc(C(=O)NCCc3cccc(F)c3)cc21. The van der Waals surface area contributed by atoms with Crippen molar-refractivity contribution in [1.29, 1.82) is 0 Å². The zero-order chi connectivity index (χ0) is 15.5. The summed E-state index contributed by atoms with van der Waals surface area (Å²) in [5.41, 5.74) is 2.53. The van der Waals surface area contributed by atoms with Crippen LogP contribution in [0.3, 0.4) is 0 Å². The highest BCUT2D eigenvalue weighted by molar-refractivity contribution is 5.98. The van der Waals surface area contributed by atoms with Crippen molar-refractivity contribution >= 4 is 16.8 Å². The number of carbonyl (C=O) groups is 1. The van der Waals surface area contributed by atoms with Crippen LogP contribution in [0.4, 0.5) is 4.39 Å². The summed E-state index contributed by atoms with van der Waals surface area (Å²) in [5, 5.41) is 3.98. The smallest absolute Gasteiger partial charge is 0.251 e. The van der Waals surface area contributed by atoms with Gasteiger partial charge >= 0.3 is 0 Å². The zero-order valence-electron chi connectivity index (χ0n) is 12.3. The first-order chi connectivity index (χ1) is 10.6. The molecule has 0 aliphatic carbocycles. The molecule has 0 aliphatic heterocycles. The van der Waals surface area contributed by atoms with Gasteiger partial charge in [-0.25, -0.2) is 4.39 Å². The van der Waals surface area contributed by atoms with E-state index >= 15 is 0 Å². The minimum atomic E-state index is -0.252. The number of carbonyl (C=O) groups excluding carboxylic acids is 1. The number of benzene rings is 2. The maximum absolute atomic E-state index is 13.1. The summed E-state index contributed by atoms with van der Waals surface area (Å²) in [6, 6.07) is 14.1. The minimum Gasteiger partial charge on any atom is -0.352 e. The van der Waals surface area contributed by atoms with Crippen molar-refractivity contribution in [2.45, 2.75) is 6.42 Å². The topological polar surface area (TPSA) is 34.0 Å². The number of hydrogen-bond donors (Lipinski definition) is 1. The van der Waals surface area contributed by atoms with E-state index in [1.54, 1.807) is 6.07 Å². The zero-order valence-corrected chi connectivity index (χ0v) is 12.3. The van der Waals surface area contributed by atoms with Crippen LogP contribution in [0.15, 0.2) is 54.7 Å². The van der Waals surface area contributed by atoms with Crippen LogP contribution in [0.1, 0.15) is 15.9 Å². The van der Waals surface area contributed by atoms with Crippen LogP contribution in [-0.2, 0) is 13.5 Å². The molecule has 0 saturated heterocycles. The van der Waals surface area contributed by atoms with Crippen LogP contribution in [0.25, 0.3) is 10.9 Å². The third kappa shape index (κ3) is 3.01. The molecule has 0 saturated carbocycles. The number of nitrogens with zero attached hydrogens (tertiary/aromatic N) is 1. The molecular weight excluding hydrogens is 279 g/mol. The molecule has 3 nitrogen and oxygen atoms in total. The average Bonchev–Trinajstić information content (AvgIpc) is 2.88. The number of amides is 1. The average molecular weight is 296 g/mol. The molecule has 0 unspecified atom stereocenters. The Morgan fingerprint density at radius 3 is 2.86 bits per heavy atom. The summed E-state index contributed by atoms with van der Waals surface area (Å²) in [6.07, 6.45) is 2.58. The molecule has 1 heterocycles. The van der Waals surface area contributed by atoms with E-state index in [0.717, 1.165) is 16.5 Å². The molecule has 0 spiro atoms. The van der Waals surface area contributed by atoms with Crippen molar-refractivity contribution in [3.8, 4) is 0 Å². The third-order valence-corrected chi connectivity index (χ3v) is 3.74. The van der Waals surface area contributed by atoms with E-state index in [9.17, 15) is 9.18 Å². The van der Waals surface area contributed by atoms with Gasteiger partial charge in [-0.15, -0.1) is 0 Å². The molecule has 3 aromatic rings. The van der Waals surface area contributed by atoms with Crippen LogP contribution >= 0.6 is 0 Å². The lowest BCUT2D eigenvalue weighted by atomic mass is 10.1. The van der Waals surface area contributed by atoms with Crippen LogP contribution in [0.2, 0.25) is 0 Å². The summed E-state index contributed by atoms with van der Waals surface area (Å²) < 4.78 is 15.1. The first-order valence-corrected chi connectivity index (χ1v) is 7.21. The Labute approximate surface area is 128 Å². The number of aromatic nitrogens is 1. The van der Waals surface area contributed by atoms with Gasteiger partial charge in [-0.1, -0.05) is 18.2 Å². The van der Waals surface area contributed by atoms with Crippen LogP contribution in [-0.4, -0.2) is 17.0 Å². The molecule has 0 aliphatic rings. The molecule has 0 fully saturated rings. The van der Waals surface area contributed by atoms with E-state index in [2.05, 4.69) is 5.32 Å². The fraction of sp³-hybridized carbons (Fsp3) is 0.167. The summed E-state index contributed by atoms with van der Waals surface area (Å²) >= 11 is 0. The maximum Gasteiger partial charge on any atom is 0.251 e. The van der Waals surface area contributed by atoms with Gasteiger partial charge in [-0.2, -0.15) is 0 Å². The standard InChI is InChI=1S/C18H17FN2O/c1-21-10-8-14-5-6-15(12-17(14)21)18(22)20-9-7-13-3-2-4-16(19)11-13/h2-6,8,10-12H,7,9H2,1H3,(H,20,22). The Balaban J connectivity index is 1.64. The van der Waals surface area contributed by atoms with Crippen LogP contribution in [0.5, 0.6) is 0 Å². The Bertz CT molecular complexity index is 823. The summed E-state index contributed by atoms with van der Waals surface area (Å²) in [6.45, 7) is 0.480. The third-order valence-electron chi connectivity index (χ3n) is 3.74. The maximum atomic E-state index is 13.1. The number of rotatable bonds is 4. The monoisotopic (exact) mass is 296 g/mol. The lowest BCUT2D eigenvalue weighted by Gasteiger charge is -2.06. The van der Waals surface area contributed by atoms with E-state index in [4.69, 9.17) is 0 Å². The van der Waals surface area contributed by atoms with E-state index in [1.807, 2.05) is 48.1 Å². The highest BCUT2D eigenvalue weighted by Crippen LogP contribution is 2.16. The second-order valence-corrected chi connectivity index (χ2v) is 5.34. The number of aryl methyl sites for hydroxylation is 1. The second kappa shape index (κ2) is 6.02. The normalized spacial score (nSPS) is 10.8. The Morgan fingerprint density at radius 2 is 2.05 bits per heavy atom. The van der Waals surface area contributed by atoms with Crippen molar-refractivity contribution in [2.75, 3.05) is 6.54 Å². The van der Waals surface area contributed by atoms with E-state index in [-0.39, 0.29) is 11.7 Å². The number of nitrogens with one attached hydrogen (secondary N) is 1. The van der Waals surface area contributed by atoms with Crippen molar-refractivity contribution < 1.29 is 9.18 Å². The van der Waals surface area contributed by atoms with Gasteiger partial charge in [-0.05, 0) is 47.7 Å². The Kier molecular flexibility index (Phi) is 3.92. The summed E-state index contributed by atoms with van der Waals surface area (Å²) in [4.78, 5) is 12.2. The molecule has 22 heavy (non-hydrogen) atoms. The van der Waals surface area contributed by atoms with Gasteiger partial charge in [0.2, 0.25) is 0 Å². The Hall–Kier alpha value is -2.62. The summed E-state index contributed by atoms with van der Waals surface area (Å²) in [5.74, 6) is -0.363. The molecule has 1 N–H and O–H groups in total. The van der Waals surface area contributed by atoms with Crippen molar-refractivity contribution in [3.05, 3.63) is 71.7 Å². The van der Waals surface area contributed by atoms with Crippen molar-refractivity contribution in [1.82, 2.24) is 9.88 Å². The van der Waals surface area contributed by atoms with E-state index in [0.29, 0.717) is 18.5 Å². The predicted molar refractivity (Wildman–Crippen MR) is 85.4 cm³/mol. The van der Waals surface area contributed by atoms with Gasteiger partial charge in [0, 0.05) is 30.9 Å². The first kappa shape index (κ1) is 14.3. The largest absolute Gasteiger partial charge is 0.352 e. The van der Waals surface area contributed by atoms with Gasteiger partial charge in [0.05, 0.1) is 0 Å². The highest BCUT2D eigenvalue weighted by atomic mass is 19.1. The molecule has 0 radical (unpaired) electrons. The number of hydrogen-bond acceptors (Lipinski definition) is 1. The van der Waals surface area contributed by atoms with Gasteiger partial charge in [0.25, 0.3) is 5.91 Å². The van der Waals surface area contributed by atoms with Crippen molar-refractivity contribution in [2.24, 2.45) is 7.05 Å². The molecule has 4 heteroatoms. The van der Waals surface area contributed by atoms with Gasteiger partial charge in [0.1, 0.15) is 5.82 Å². The fourth-order valence-corrected chi connectivity index (χ4v) is 2.52. The number of fused-ring (bicyclic) bond motifs is 1. The Morgan fingerprint density at radius 1 is 1.18 bits per heavy atom. The van der Waals surface area contributed by atoms with Gasteiger partial charge < -0.3 is 9.88 Å². The lowest BCUT2D eigenvalue weighted by molar-refractivity contribution is 0.0954. The molecule has 0 atom stereocenters. The molecule has 0 bridgehead atoms. The van der Waals surface area contributed by atoms with Gasteiger partial charge in [-0.3, -0.25) is 4.79 Å². The lowest BCUT2D eigenvalue weighted by Crippen LogP contribution is -2.25. The molecule has 3 rings (SSSR count). The van der Waals surface area contributed by atoms with Crippen LogP contribution in [0, 0.1) is 5.82 Å². The molecule has 1 aromatic heterocycles. The van der Waals surface area contributed by atoms with E-state index in [1.165, 1.54) is 12.1 Å². The molecule has 112 valence electrons. The molecule has 2 aromatic carbocycles. The quantitative estimate of drug-likeness (QED) is 0.787. The first-order valence-electron chi connectivity index (χ1n) is 7.21. The second-order valence-electron chi connectivity index (χ2n) is 5.34. The highest BCUT2D eigenvalue weighted by Gasteiger charge is 2.07. The van der Waals surface area contributed by atoms with E-state index < -0.39 is 0 Å². The van der Waals surface area contributed by atoms with Crippen LogP contribution < -0.4 is 5.32 Å². The van der Waals surface area contributed by atoms with Gasteiger partial charge in [0.15, 0.2) is 0 Å². The predicted octanol–water partition coefficient (Wildman–Crippen LogP) is 3.29. The fourth-order valence-electron chi connectivity index (χ4n) is 2.52. The summed E-state index contributed by atoms with van der Waals surface area (Å²) in [7, 11) is 1.95.